The van der Waals surface area contributed by atoms with E-state index in [2.05, 4.69) is 0 Å². The van der Waals surface area contributed by atoms with Gasteiger partial charge in [0.25, 0.3) is 0 Å². The summed E-state index contributed by atoms with van der Waals surface area (Å²) < 4.78 is 17.0. The second-order valence-corrected chi connectivity index (χ2v) is 5.15. The number of rotatable bonds is 7. The molecule has 3 atom stereocenters. The highest BCUT2D eigenvalue weighted by atomic mass is 16.6. The molecule has 1 aliphatic rings. The van der Waals surface area contributed by atoms with Gasteiger partial charge in [-0.1, -0.05) is 0 Å². The predicted octanol–water partition coefficient (Wildman–Crippen LogP) is 1.74. The summed E-state index contributed by atoms with van der Waals surface area (Å²) in [5, 5.41) is 9.24. The average Bonchev–Trinajstić information content (AvgIpc) is 2.59. The topological polar surface area (TPSA) is 47.9 Å². The van der Waals surface area contributed by atoms with E-state index >= 15 is 0 Å². The second kappa shape index (κ2) is 7.31. The summed E-state index contributed by atoms with van der Waals surface area (Å²) in [4.78, 5) is 0. The molecule has 0 aromatic carbocycles. The van der Waals surface area contributed by atoms with E-state index in [0.29, 0.717) is 6.61 Å². The number of aliphatic hydroxyl groups is 1. The van der Waals surface area contributed by atoms with E-state index in [1.807, 2.05) is 27.7 Å². The van der Waals surface area contributed by atoms with Crippen molar-refractivity contribution >= 4 is 0 Å². The van der Waals surface area contributed by atoms with Crippen molar-refractivity contribution < 1.29 is 19.3 Å². The van der Waals surface area contributed by atoms with Crippen LogP contribution in [0.25, 0.3) is 0 Å². The molecule has 3 unspecified atom stereocenters. The molecule has 1 rings (SSSR count). The van der Waals surface area contributed by atoms with Gasteiger partial charge in [-0.2, -0.15) is 0 Å². The Balaban J connectivity index is 2.30. The first-order valence-corrected chi connectivity index (χ1v) is 6.56. The van der Waals surface area contributed by atoms with Crippen molar-refractivity contribution in [1.29, 1.82) is 0 Å². The molecule has 4 heteroatoms. The molecule has 0 amide bonds. The van der Waals surface area contributed by atoms with Gasteiger partial charge in [0.2, 0.25) is 0 Å². The van der Waals surface area contributed by atoms with E-state index in [4.69, 9.17) is 14.2 Å². The molecule has 0 aliphatic carbocycles. The minimum Gasteiger partial charge on any atom is -0.394 e. The fourth-order valence-corrected chi connectivity index (χ4v) is 2.08. The zero-order chi connectivity index (χ0) is 12.8. The summed E-state index contributed by atoms with van der Waals surface area (Å²) in [5.41, 5.74) is 0. The van der Waals surface area contributed by atoms with Crippen LogP contribution in [0.15, 0.2) is 0 Å². The third-order valence-electron chi connectivity index (χ3n) is 2.80. The van der Waals surface area contributed by atoms with E-state index in [-0.39, 0.29) is 37.1 Å². The Labute approximate surface area is 104 Å². The zero-order valence-electron chi connectivity index (χ0n) is 11.4. The average molecular weight is 246 g/mol. The van der Waals surface area contributed by atoms with Crippen LogP contribution in [0.4, 0.5) is 0 Å². The normalized spacial score (nSPS) is 29.5. The van der Waals surface area contributed by atoms with Gasteiger partial charge in [-0.3, -0.25) is 0 Å². The highest BCUT2D eigenvalue weighted by molar-refractivity contribution is 4.83. The largest absolute Gasteiger partial charge is 0.394 e. The molecule has 4 nitrogen and oxygen atoms in total. The van der Waals surface area contributed by atoms with Crippen LogP contribution in [0.3, 0.4) is 0 Å². The van der Waals surface area contributed by atoms with Crippen molar-refractivity contribution in [2.45, 2.75) is 71.1 Å². The highest BCUT2D eigenvalue weighted by Gasteiger charge is 2.35. The maximum Gasteiger partial charge on any atom is 0.107 e. The smallest absolute Gasteiger partial charge is 0.107 e. The van der Waals surface area contributed by atoms with Crippen molar-refractivity contribution in [2.24, 2.45) is 0 Å². The molecule has 102 valence electrons. The molecule has 0 aromatic rings. The standard InChI is InChI=1S/C13H26O4/c1-9(2)15-6-5-11-7-12(16-10(3)4)13(8-14)17-11/h9-14H,5-8H2,1-4H3. The van der Waals surface area contributed by atoms with E-state index in [1.165, 1.54) is 0 Å². The Morgan fingerprint density at radius 2 is 1.94 bits per heavy atom. The SMILES string of the molecule is CC(C)OCCC1CC(OC(C)C)C(CO)O1. The van der Waals surface area contributed by atoms with Crippen LogP contribution in [0.1, 0.15) is 40.5 Å². The minimum atomic E-state index is -0.179. The number of hydrogen-bond acceptors (Lipinski definition) is 4. The van der Waals surface area contributed by atoms with Crippen LogP contribution in [-0.2, 0) is 14.2 Å². The first kappa shape index (κ1) is 14.9. The molecular formula is C13H26O4. The molecule has 17 heavy (non-hydrogen) atoms. The van der Waals surface area contributed by atoms with Gasteiger partial charge in [0.05, 0.1) is 31.0 Å². The number of ether oxygens (including phenoxy) is 3. The van der Waals surface area contributed by atoms with E-state index in [0.717, 1.165) is 12.8 Å². The first-order chi connectivity index (χ1) is 8.02. The molecule has 0 saturated carbocycles. The second-order valence-electron chi connectivity index (χ2n) is 5.15. The van der Waals surface area contributed by atoms with Crippen molar-refractivity contribution in [2.75, 3.05) is 13.2 Å². The molecule has 1 aliphatic heterocycles. The minimum absolute atomic E-state index is 0.0176. The monoisotopic (exact) mass is 246 g/mol. The molecular weight excluding hydrogens is 220 g/mol. The summed E-state index contributed by atoms with van der Waals surface area (Å²) in [6.45, 7) is 8.79. The summed E-state index contributed by atoms with van der Waals surface area (Å²) in [7, 11) is 0. The molecule has 1 N–H and O–H groups in total. The third kappa shape index (κ3) is 5.34. The Morgan fingerprint density at radius 1 is 1.24 bits per heavy atom. The number of hydrogen-bond donors (Lipinski definition) is 1. The van der Waals surface area contributed by atoms with Crippen LogP contribution >= 0.6 is 0 Å². The lowest BCUT2D eigenvalue weighted by molar-refractivity contribution is -0.0679. The van der Waals surface area contributed by atoms with E-state index in [1.54, 1.807) is 0 Å². The molecule has 0 spiro atoms. The first-order valence-electron chi connectivity index (χ1n) is 6.56. The molecule has 0 radical (unpaired) electrons. The maximum atomic E-state index is 9.24. The highest BCUT2D eigenvalue weighted by Crippen LogP contribution is 2.26. The molecule has 1 fully saturated rings. The van der Waals surface area contributed by atoms with Crippen molar-refractivity contribution in [3.63, 3.8) is 0 Å². The van der Waals surface area contributed by atoms with Gasteiger partial charge in [0.15, 0.2) is 0 Å². The predicted molar refractivity (Wildman–Crippen MR) is 66.1 cm³/mol. The van der Waals surface area contributed by atoms with Crippen molar-refractivity contribution in [3.05, 3.63) is 0 Å². The van der Waals surface area contributed by atoms with Gasteiger partial charge < -0.3 is 19.3 Å². The van der Waals surface area contributed by atoms with Gasteiger partial charge in [-0.25, -0.2) is 0 Å². The van der Waals surface area contributed by atoms with Crippen LogP contribution in [0, 0.1) is 0 Å². The fourth-order valence-electron chi connectivity index (χ4n) is 2.08. The van der Waals surface area contributed by atoms with Gasteiger partial charge in [0, 0.05) is 13.0 Å². The van der Waals surface area contributed by atoms with Gasteiger partial charge in [-0.05, 0) is 34.1 Å². The summed E-state index contributed by atoms with van der Waals surface area (Å²) in [6, 6.07) is 0. The van der Waals surface area contributed by atoms with Crippen LogP contribution < -0.4 is 0 Å². The van der Waals surface area contributed by atoms with Gasteiger partial charge >= 0.3 is 0 Å². The molecule has 0 bridgehead atoms. The third-order valence-corrected chi connectivity index (χ3v) is 2.80. The lowest BCUT2D eigenvalue weighted by Crippen LogP contribution is -2.30. The molecule has 1 saturated heterocycles. The van der Waals surface area contributed by atoms with Crippen molar-refractivity contribution in [3.8, 4) is 0 Å². The lowest BCUT2D eigenvalue weighted by Gasteiger charge is -2.19. The van der Waals surface area contributed by atoms with Crippen LogP contribution in [-0.4, -0.2) is 48.8 Å². The summed E-state index contributed by atoms with van der Waals surface area (Å²) in [5.74, 6) is 0. The Hall–Kier alpha value is -0.160. The lowest BCUT2D eigenvalue weighted by atomic mass is 10.1. The summed E-state index contributed by atoms with van der Waals surface area (Å²) >= 11 is 0. The van der Waals surface area contributed by atoms with E-state index < -0.39 is 0 Å². The van der Waals surface area contributed by atoms with Gasteiger partial charge in [-0.15, -0.1) is 0 Å². The maximum absolute atomic E-state index is 9.24. The van der Waals surface area contributed by atoms with Crippen LogP contribution in [0.5, 0.6) is 0 Å². The van der Waals surface area contributed by atoms with E-state index in [9.17, 15) is 5.11 Å². The van der Waals surface area contributed by atoms with Crippen LogP contribution in [0.2, 0.25) is 0 Å². The zero-order valence-corrected chi connectivity index (χ0v) is 11.4. The Morgan fingerprint density at radius 3 is 2.47 bits per heavy atom. The molecule has 0 aromatic heterocycles. The number of aliphatic hydroxyl groups excluding tert-OH is 1. The quantitative estimate of drug-likeness (QED) is 0.743. The van der Waals surface area contributed by atoms with Crippen molar-refractivity contribution in [1.82, 2.24) is 0 Å². The fraction of sp³-hybridized carbons (Fsp3) is 1.00. The summed E-state index contributed by atoms with van der Waals surface area (Å²) in [6.07, 6.45) is 2.13. The van der Waals surface area contributed by atoms with Gasteiger partial charge in [0.1, 0.15) is 6.10 Å². The molecule has 1 heterocycles. The Kier molecular flexibility index (Phi) is 6.41. The Bertz CT molecular complexity index is 206.